The van der Waals surface area contributed by atoms with Crippen molar-refractivity contribution < 1.29 is 9.50 Å². The van der Waals surface area contributed by atoms with E-state index in [0.29, 0.717) is 0 Å². The SMILES string of the molecule is CC(O)(F)c1ccncc1. The molecule has 0 saturated heterocycles. The average molecular weight is 141 g/mol. The standard InChI is InChI=1S/C7H8FNO/c1-7(8,10)6-2-4-9-5-3-6/h2-5,10H,1H3. The van der Waals surface area contributed by atoms with Gasteiger partial charge in [-0.3, -0.25) is 4.98 Å². The Hall–Kier alpha value is -0.960. The summed E-state index contributed by atoms with van der Waals surface area (Å²) >= 11 is 0. The molecule has 1 aromatic rings. The molecule has 0 spiro atoms. The van der Waals surface area contributed by atoms with Gasteiger partial charge in [0.05, 0.1) is 0 Å². The molecule has 0 fully saturated rings. The fraction of sp³-hybridized carbons (Fsp3) is 0.286. The molecule has 1 atom stereocenters. The number of aliphatic hydroxyl groups is 1. The molecular formula is C7H8FNO. The number of hydrogen-bond acceptors (Lipinski definition) is 2. The van der Waals surface area contributed by atoms with Gasteiger partial charge in [-0.2, -0.15) is 0 Å². The van der Waals surface area contributed by atoms with Gasteiger partial charge in [0.15, 0.2) is 0 Å². The van der Waals surface area contributed by atoms with E-state index in [9.17, 15) is 4.39 Å². The van der Waals surface area contributed by atoms with Crippen LogP contribution >= 0.6 is 0 Å². The predicted molar refractivity (Wildman–Crippen MR) is 34.9 cm³/mol. The third-order valence-electron chi connectivity index (χ3n) is 1.21. The van der Waals surface area contributed by atoms with Crippen LogP contribution < -0.4 is 0 Å². The Bertz CT molecular complexity index is 205. The van der Waals surface area contributed by atoms with E-state index in [2.05, 4.69) is 4.98 Å². The third kappa shape index (κ3) is 1.51. The van der Waals surface area contributed by atoms with Crippen molar-refractivity contribution in [3.05, 3.63) is 30.1 Å². The number of pyridine rings is 1. The van der Waals surface area contributed by atoms with E-state index in [1.807, 2.05) is 0 Å². The van der Waals surface area contributed by atoms with Gasteiger partial charge in [0, 0.05) is 18.0 Å². The zero-order valence-corrected chi connectivity index (χ0v) is 5.58. The fourth-order valence-electron chi connectivity index (χ4n) is 0.656. The molecule has 54 valence electrons. The molecule has 1 N–H and O–H groups in total. The van der Waals surface area contributed by atoms with Crippen LogP contribution in [0.4, 0.5) is 4.39 Å². The van der Waals surface area contributed by atoms with Gasteiger partial charge in [0.25, 0.3) is 0 Å². The lowest BCUT2D eigenvalue weighted by molar-refractivity contribution is -0.0769. The summed E-state index contributed by atoms with van der Waals surface area (Å²) in [6.45, 7) is 1.09. The van der Waals surface area contributed by atoms with Crippen LogP contribution in [0.5, 0.6) is 0 Å². The molecule has 1 aromatic heterocycles. The summed E-state index contributed by atoms with van der Waals surface area (Å²) < 4.78 is 12.6. The van der Waals surface area contributed by atoms with Crippen molar-refractivity contribution in [1.82, 2.24) is 4.98 Å². The molecule has 0 aromatic carbocycles. The second-order valence-electron chi connectivity index (χ2n) is 2.19. The normalized spacial score (nSPS) is 16.3. The largest absolute Gasteiger partial charge is 0.358 e. The quantitative estimate of drug-likeness (QED) is 0.637. The lowest BCUT2D eigenvalue weighted by atomic mass is 10.1. The molecule has 0 aliphatic carbocycles. The van der Waals surface area contributed by atoms with Crippen molar-refractivity contribution in [2.45, 2.75) is 12.8 Å². The Morgan fingerprint density at radius 1 is 1.50 bits per heavy atom. The van der Waals surface area contributed by atoms with Crippen molar-refractivity contribution in [2.24, 2.45) is 0 Å². The lowest BCUT2D eigenvalue weighted by Crippen LogP contribution is -2.12. The molecule has 0 radical (unpaired) electrons. The summed E-state index contributed by atoms with van der Waals surface area (Å²) in [6, 6.07) is 2.86. The molecule has 1 rings (SSSR count). The molecule has 0 saturated carbocycles. The highest BCUT2D eigenvalue weighted by Gasteiger charge is 2.19. The highest BCUT2D eigenvalue weighted by molar-refractivity contribution is 5.14. The minimum atomic E-state index is -2.25. The molecule has 1 heterocycles. The maximum Gasteiger partial charge on any atom is 0.230 e. The molecule has 1 unspecified atom stereocenters. The van der Waals surface area contributed by atoms with Crippen LogP contribution in [-0.4, -0.2) is 10.1 Å². The Kier molecular flexibility index (Phi) is 1.68. The third-order valence-corrected chi connectivity index (χ3v) is 1.21. The van der Waals surface area contributed by atoms with Crippen molar-refractivity contribution in [3.8, 4) is 0 Å². The summed E-state index contributed by atoms with van der Waals surface area (Å²) in [7, 11) is 0. The zero-order valence-electron chi connectivity index (χ0n) is 5.58. The number of rotatable bonds is 1. The molecular weight excluding hydrogens is 133 g/mol. The van der Waals surface area contributed by atoms with Crippen molar-refractivity contribution in [3.63, 3.8) is 0 Å². The molecule has 0 amide bonds. The van der Waals surface area contributed by atoms with Crippen LogP contribution in [0.25, 0.3) is 0 Å². The van der Waals surface area contributed by atoms with Crippen molar-refractivity contribution in [1.29, 1.82) is 0 Å². The Balaban J connectivity index is 2.97. The van der Waals surface area contributed by atoms with Gasteiger partial charge in [-0.1, -0.05) is 0 Å². The molecule has 0 aliphatic heterocycles. The number of alkyl halides is 1. The summed E-state index contributed by atoms with van der Waals surface area (Å²) in [5.74, 6) is -2.25. The van der Waals surface area contributed by atoms with Crippen molar-refractivity contribution in [2.75, 3.05) is 0 Å². The van der Waals surface area contributed by atoms with E-state index < -0.39 is 5.85 Å². The molecule has 0 bridgehead atoms. The second-order valence-corrected chi connectivity index (χ2v) is 2.19. The molecule has 3 heteroatoms. The predicted octanol–water partition coefficient (Wildman–Crippen LogP) is 1.22. The number of nitrogens with zero attached hydrogens (tertiary/aromatic N) is 1. The van der Waals surface area contributed by atoms with Crippen LogP contribution in [0.3, 0.4) is 0 Å². The Labute approximate surface area is 58.3 Å². The van der Waals surface area contributed by atoms with Gasteiger partial charge in [0.2, 0.25) is 5.85 Å². The van der Waals surface area contributed by atoms with Gasteiger partial charge in [0.1, 0.15) is 0 Å². The first-order valence-corrected chi connectivity index (χ1v) is 2.92. The van der Waals surface area contributed by atoms with Crippen LogP contribution in [0.15, 0.2) is 24.5 Å². The minimum Gasteiger partial charge on any atom is -0.358 e. The molecule has 10 heavy (non-hydrogen) atoms. The number of hydrogen-bond donors (Lipinski definition) is 1. The molecule has 2 nitrogen and oxygen atoms in total. The highest BCUT2D eigenvalue weighted by Crippen LogP contribution is 2.19. The minimum absolute atomic E-state index is 0.225. The topological polar surface area (TPSA) is 33.1 Å². The van der Waals surface area contributed by atoms with Crippen LogP contribution in [0, 0.1) is 0 Å². The maximum atomic E-state index is 12.6. The summed E-state index contributed by atoms with van der Waals surface area (Å²) in [5.41, 5.74) is 0.225. The number of aromatic nitrogens is 1. The monoisotopic (exact) mass is 141 g/mol. The number of halogens is 1. The van der Waals surface area contributed by atoms with E-state index in [1.165, 1.54) is 24.5 Å². The zero-order chi connectivity index (χ0) is 7.61. The average Bonchev–Trinajstić information content (AvgIpc) is 1.88. The van der Waals surface area contributed by atoms with Crippen LogP contribution in [0.1, 0.15) is 12.5 Å². The maximum absolute atomic E-state index is 12.6. The summed E-state index contributed by atoms with van der Waals surface area (Å²) in [5, 5.41) is 8.79. The first-order valence-electron chi connectivity index (χ1n) is 2.92. The fourth-order valence-corrected chi connectivity index (χ4v) is 0.656. The van der Waals surface area contributed by atoms with Gasteiger partial charge < -0.3 is 5.11 Å². The van der Waals surface area contributed by atoms with E-state index in [-0.39, 0.29) is 5.56 Å². The first-order chi connectivity index (χ1) is 4.61. The van der Waals surface area contributed by atoms with E-state index in [4.69, 9.17) is 5.11 Å². The van der Waals surface area contributed by atoms with E-state index >= 15 is 0 Å². The van der Waals surface area contributed by atoms with Gasteiger partial charge in [-0.25, -0.2) is 4.39 Å². The van der Waals surface area contributed by atoms with Crippen LogP contribution in [0.2, 0.25) is 0 Å². The van der Waals surface area contributed by atoms with Gasteiger partial charge in [-0.15, -0.1) is 0 Å². The molecule has 0 aliphatic rings. The smallest absolute Gasteiger partial charge is 0.230 e. The first kappa shape index (κ1) is 7.15. The van der Waals surface area contributed by atoms with E-state index in [0.717, 1.165) is 6.92 Å². The Morgan fingerprint density at radius 3 is 2.30 bits per heavy atom. The summed E-state index contributed by atoms with van der Waals surface area (Å²) in [4.78, 5) is 3.68. The van der Waals surface area contributed by atoms with Crippen molar-refractivity contribution >= 4 is 0 Å². The highest BCUT2D eigenvalue weighted by atomic mass is 19.2. The Morgan fingerprint density at radius 2 is 2.00 bits per heavy atom. The van der Waals surface area contributed by atoms with Crippen LogP contribution in [-0.2, 0) is 5.85 Å². The lowest BCUT2D eigenvalue weighted by Gasteiger charge is -2.11. The summed E-state index contributed by atoms with van der Waals surface area (Å²) in [6.07, 6.45) is 2.87. The van der Waals surface area contributed by atoms with Gasteiger partial charge >= 0.3 is 0 Å². The van der Waals surface area contributed by atoms with E-state index in [1.54, 1.807) is 0 Å². The van der Waals surface area contributed by atoms with Gasteiger partial charge in [-0.05, 0) is 19.1 Å². The second kappa shape index (κ2) is 2.34.